The van der Waals surface area contributed by atoms with E-state index < -0.39 is 11.7 Å². The highest BCUT2D eigenvalue weighted by molar-refractivity contribution is 5.90. The van der Waals surface area contributed by atoms with E-state index in [-0.39, 0.29) is 11.9 Å². The number of aromatic nitrogens is 2. The lowest BCUT2D eigenvalue weighted by Gasteiger charge is -2.40. The van der Waals surface area contributed by atoms with Crippen LogP contribution in [0.2, 0.25) is 0 Å². The summed E-state index contributed by atoms with van der Waals surface area (Å²) in [6.45, 7) is 6.61. The minimum absolute atomic E-state index is 0.157. The number of hydrogen-bond donors (Lipinski definition) is 2. The van der Waals surface area contributed by atoms with Crippen molar-refractivity contribution in [3.63, 3.8) is 0 Å². The third-order valence-electron chi connectivity index (χ3n) is 5.52. The Morgan fingerprint density at radius 3 is 2.39 bits per heavy atom. The van der Waals surface area contributed by atoms with Crippen LogP contribution in [0.15, 0.2) is 59.0 Å². The van der Waals surface area contributed by atoms with Crippen LogP contribution in [0.3, 0.4) is 0 Å². The number of halogens is 3. The van der Waals surface area contributed by atoms with E-state index in [9.17, 15) is 13.2 Å². The summed E-state index contributed by atoms with van der Waals surface area (Å²) in [6, 6.07) is 5.08. The van der Waals surface area contributed by atoms with Crippen LogP contribution in [0.4, 0.5) is 13.2 Å². The summed E-state index contributed by atoms with van der Waals surface area (Å²) < 4.78 is 40.4. The largest absolute Gasteiger partial charge is 0.416 e. The van der Waals surface area contributed by atoms with Crippen LogP contribution in [0, 0.1) is 0 Å². The van der Waals surface area contributed by atoms with Crippen molar-refractivity contribution in [2.45, 2.75) is 18.6 Å². The fourth-order valence-electron chi connectivity index (χ4n) is 3.84. The quantitative estimate of drug-likeness (QED) is 0.485. The molecular weight excluding hydrogens is 433 g/mol. The molecule has 1 unspecified atom stereocenters. The van der Waals surface area contributed by atoms with Crippen LogP contribution in [-0.4, -0.2) is 64.5 Å². The maximum Gasteiger partial charge on any atom is 0.416 e. The molecule has 0 spiro atoms. The zero-order valence-electron chi connectivity index (χ0n) is 18.5. The van der Waals surface area contributed by atoms with Crippen LogP contribution in [0.1, 0.15) is 22.7 Å². The van der Waals surface area contributed by atoms with Gasteiger partial charge in [0, 0.05) is 58.4 Å². The Labute approximate surface area is 191 Å². The van der Waals surface area contributed by atoms with Gasteiger partial charge in [-0.2, -0.15) is 18.3 Å². The molecule has 0 saturated carbocycles. The van der Waals surface area contributed by atoms with Crippen molar-refractivity contribution >= 4 is 12.2 Å². The lowest BCUT2D eigenvalue weighted by atomic mass is 10.0. The Balaban J connectivity index is 1.69. The van der Waals surface area contributed by atoms with Gasteiger partial charge in [0.25, 0.3) is 0 Å². The smallest absolute Gasteiger partial charge is 0.384 e. The molecule has 1 aromatic heterocycles. The summed E-state index contributed by atoms with van der Waals surface area (Å²) in [6.07, 6.45) is 1.34. The fraction of sp³-hybridized carbons (Fsp3) is 0.409. The molecule has 0 bridgehead atoms. The summed E-state index contributed by atoms with van der Waals surface area (Å²) in [5.41, 5.74) is 12.6. The van der Waals surface area contributed by atoms with Crippen LogP contribution < -0.4 is 11.5 Å². The highest BCUT2D eigenvalue weighted by Crippen LogP contribution is 2.31. The lowest BCUT2D eigenvalue weighted by Crippen LogP contribution is -2.51. The highest BCUT2D eigenvalue weighted by atomic mass is 19.4. The molecule has 3 rings (SSSR count). The molecule has 1 saturated heterocycles. The monoisotopic (exact) mass is 462 g/mol. The Morgan fingerprint density at radius 2 is 1.88 bits per heavy atom. The van der Waals surface area contributed by atoms with Gasteiger partial charge in [-0.25, -0.2) is 9.98 Å². The summed E-state index contributed by atoms with van der Waals surface area (Å²) >= 11 is 0. The molecule has 1 atom stereocenters. The van der Waals surface area contributed by atoms with Crippen molar-refractivity contribution in [1.82, 2.24) is 19.6 Å². The molecule has 178 valence electrons. The Kier molecular flexibility index (Phi) is 7.88. The molecule has 11 heteroatoms. The molecule has 8 nitrogen and oxygen atoms in total. The lowest BCUT2D eigenvalue weighted by molar-refractivity contribution is -0.137. The van der Waals surface area contributed by atoms with Gasteiger partial charge in [-0.1, -0.05) is 18.7 Å². The molecule has 2 heterocycles. The van der Waals surface area contributed by atoms with Gasteiger partial charge in [-0.05, 0) is 23.3 Å². The van der Waals surface area contributed by atoms with Gasteiger partial charge in [0.1, 0.15) is 18.0 Å². The summed E-state index contributed by atoms with van der Waals surface area (Å²) in [5, 5.41) is 4.21. The Hall–Kier alpha value is -3.18. The van der Waals surface area contributed by atoms with E-state index in [0.717, 1.165) is 29.1 Å². The van der Waals surface area contributed by atoms with Gasteiger partial charge in [0.15, 0.2) is 0 Å². The van der Waals surface area contributed by atoms with Gasteiger partial charge in [-0.15, -0.1) is 0 Å². The number of aryl methyl sites for hydroxylation is 1. The summed E-state index contributed by atoms with van der Waals surface area (Å²) in [7, 11) is 1.85. The van der Waals surface area contributed by atoms with E-state index >= 15 is 0 Å². The van der Waals surface area contributed by atoms with E-state index in [4.69, 9.17) is 11.5 Å². The first-order valence-corrected chi connectivity index (χ1v) is 10.5. The van der Waals surface area contributed by atoms with Gasteiger partial charge < -0.3 is 16.4 Å². The van der Waals surface area contributed by atoms with Crippen LogP contribution in [0.5, 0.6) is 0 Å². The van der Waals surface area contributed by atoms with Crippen molar-refractivity contribution in [3.8, 4) is 0 Å². The van der Waals surface area contributed by atoms with Crippen LogP contribution >= 0.6 is 0 Å². The second-order valence-corrected chi connectivity index (χ2v) is 7.87. The number of rotatable bonds is 7. The van der Waals surface area contributed by atoms with Crippen molar-refractivity contribution in [2.75, 3.05) is 32.7 Å². The molecule has 1 aliphatic heterocycles. The first-order valence-electron chi connectivity index (χ1n) is 10.5. The standard InChI is InChI=1S/C22H29F3N8/c1-16(27)28-15-29-21(11-17-13-30-31(2)14-17)33-9-7-32(8-10-33)20(12-26)18-3-5-19(6-4-18)22(23,24)25/h3-6,13-15,20H,1,7-12,26-27H2,2H3. The van der Waals surface area contributed by atoms with E-state index in [1.54, 1.807) is 10.9 Å². The summed E-state index contributed by atoms with van der Waals surface area (Å²) in [4.78, 5) is 12.8. The van der Waals surface area contributed by atoms with Crippen LogP contribution in [0.25, 0.3) is 0 Å². The SMILES string of the molecule is C=C(N)N=CN=C(Cc1cnn(C)c1)N1CCN(C(CN)c2ccc(C(F)(F)F)cc2)CC1. The third-order valence-corrected chi connectivity index (χ3v) is 5.52. The zero-order valence-corrected chi connectivity index (χ0v) is 18.5. The molecular formula is C22H29F3N8. The molecule has 1 fully saturated rings. The number of alkyl halides is 3. The van der Waals surface area contributed by atoms with Crippen molar-refractivity contribution in [1.29, 1.82) is 0 Å². The van der Waals surface area contributed by atoms with E-state index in [1.165, 1.54) is 18.5 Å². The zero-order chi connectivity index (χ0) is 24.0. The van der Waals surface area contributed by atoms with Crippen molar-refractivity contribution < 1.29 is 13.2 Å². The van der Waals surface area contributed by atoms with Gasteiger partial charge in [0.05, 0.1) is 11.8 Å². The first kappa shape index (κ1) is 24.5. The Morgan fingerprint density at radius 1 is 1.21 bits per heavy atom. The average Bonchev–Trinajstić information content (AvgIpc) is 3.18. The predicted molar refractivity (Wildman–Crippen MR) is 123 cm³/mol. The number of aliphatic imine (C=N–C) groups is 2. The molecule has 2 aromatic rings. The molecule has 33 heavy (non-hydrogen) atoms. The number of benzene rings is 1. The minimum Gasteiger partial charge on any atom is -0.384 e. The van der Waals surface area contributed by atoms with Gasteiger partial charge >= 0.3 is 6.18 Å². The van der Waals surface area contributed by atoms with E-state index in [2.05, 4.69) is 31.5 Å². The molecule has 1 aromatic carbocycles. The van der Waals surface area contributed by atoms with Crippen molar-refractivity contribution in [3.05, 3.63) is 65.7 Å². The number of nitrogens with zero attached hydrogens (tertiary/aromatic N) is 6. The predicted octanol–water partition coefficient (Wildman–Crippen LogP) is 2.16. The van der Waals surface area contributed by atoms with Gasteiger partial charge in [-0.3, -0.25) is 9.58 Å². The minimum atomic E-state index is -4.36. The molecule has 0 amide bonds. The fourth-order valence-corrected chi connectivity index (χ4v) is 3.84. The Bertz CT molecular complexity index is 986. The van der Waals surface area contributed by atoms with E-state index in [1.807, 2.05) is 13.2 Å². The second-order valence-electron chi connectivity index (χ2n) is 7.87. The number of hydrogen-bond acceptors (Lipinski definition) is 5. The number of piperazine rings is 1. The topological polar surface area (TPSA) is 101 Å². The average molecular weight is 463 g/mol. The van der Waals surface area contributed by atoms with Crippen molar-refractivity contribution in [2.24, 2.45) is 28.5 Å². The normalized spacial score (nSPS) is 17.0. The second kappa shape index (κ2) is 10.6. The van der Waals surface area contributed by atoms with Gasteiger partial charge in [0.2, 0.25) is 0 Å². The molecule has 0 aliphatic carbocycles. The summed E-state index contributed by atoms with van der Waals surface area (Å²) in [5.74, 6) is 0.998. The number of amidine groups is 1. The molecule has 4 N–H and O–H groups in total. The maximum absolute atomic E-state index is 12.9. The number of nitrogens with two attached hydrogens (primary N) is 2. The molecule has 1 aliphatic rings. The van der Waals surface area contributed by atoms with E-state index in [0.29, 0.717) is 39.1 Å². The third kappa shape index (κ3) is 6.65. The highest BCUT2D eigenvalue weighted by Gasteiger charge is 2.31. The maximum atomic E-state index is 12.9. The van der Waals surface area contributed by atoms with Crippen LogP contribution in [-0.2, 0) is 19.6 Å². The first-order chi connectivity index (χ1) is 15.7. The molecule has 0 radical (unpaired) electrons.